The van der Waals surface area contributed by atoms with E-state index in [2.05, 4.69) is 10.3 Å². The molecule has 0 fully saturated rings. The molecule has 2 heterocycles. The van der Waals surface area contributed by atoms with Gasteiger partial charge in [0.2, 0.25) is 5.91 Å². The first-order valence-corrected chi connectivity index (χ1v) is 9.43. The summed E-state index contributed by atoms with van der Waals surface area (Å²) in [5.41, 5.74) is 2.68. The van der Waals surface area contributed by atoms with E-state index in [1.165, 1.54) is 11.8 Å². The van der Waals surface area contributed by atoms with Gasteiger partial charge in [0, 0.05) is 25.2 Å². The summed E-state index contributed by atoms with van der Waals surface area (Å²) >= 11 is 1.42. The topological polar surface area (TPSA) is 65.4 Å². The summed E-state index contributed by atoms with van der Waals surface area (Å²) in [7, 11) is 1.96. The van der Waals surface area contributed by atoms with Crippen LogP contribution in [0.1, 0.15) is 6.42 Å². The first-order valence-electron chi connectivity index (χ1n) is 8.44. The lowest BCUT2D eigenvalue weighted by molar-refractivity contribution is -0.113. The summed E-state index contributed by atoms with van der Waals surface area (Å²) in [6.45, 7) is 1.26. The molecular formula is C19H19N3O3S. The van der Waals surface area contributed by atoms with Crippen LogP contribution >= 0.6 is 11.8 Å². The number of amides is 1. The number of hydrogen-bond donors (Lipinski definition) is 1. The molecule has 0 bridgehead atoms. The molecule has 0 unspecified atom stereocenters. The molecule has 6 nitrogen and oxygen atoms in total. The van der Waals surface area contributed by atoms with Crippen LogP contribution < -0.4 is 14.8 Å². The van der Waals surface area contributed by atoms with Crippen LogP contribution in [0.3, 0.4) is 0 Å². The smallest absolute Gasteiger partial charge is 0.234 e. The molecule has 0 saturated heterocycles. The first kappa shape index (κ1) is 16.8. The van der Waals surface area contributed by atoms with E-state index in [-0.39, 0.29) is 11.7 Å². The summed E-state index contributed by atoms with van der Waals surface area (Å²) in [5, 5.41) is 3.72. The number of anilines is 1. The van der Waals surface area contributed by atoms with Crippen LogP contribution in [-0.2, 0) is 11.8 Å². The molecule has 2 aromatic carbocycles. The van der Waals surface area contributed by atoms with Crippen LogP contribution in [0.5, 0.6) is 11.5 Å². The Hall–Kier alpha value is -2.67. The van der Waals surface area contributed by atoms with Gasteiger partial charge in [0.25, 0.3) is 0 Å². The summed E-state index contributed by atoms with van der Waals surface area (Å²) < 4.78 is 13.3. The number of aromatic nitrogens is 2. The number of ether oxygens (including phenoxy) is 2. The van der Waals surface area contributed by atoms with Crippen LogP contribution in [0.15, 0.2) is 47.6 Å². The van der Waals surface area contributed by atoms with Crippen molar-refractivity contribution >= 4 is 34.4 Å². The molecule has 0 aliphatic carbocycles. The van der Waals surface area contributed by atoms with Crippen LogP contribution in [0.4, 0.5) is 5.69 Å². The van der Waals surface area contributed by atoms with Crippen molar-refractivity contribution in [1.82, 2.24) is 9.55 Å². The van der Waals surface area contributed by atoms with E-state index in [0.717, 1.165) is 28.4 Å². The van der Waals surface area contributed by atoms with Crippen molar-refractivity contribution in [2.45, 2.75) is 11.6 Å². The van der Waals surface area contributed by atoms with E-state index in [9.17, 15) is 4.79 Å². The quantitative estimate of drug-likeness (QED) is 0.714. The Labute approximate surface area is 155 Å². The Morgan fingerprint density at radius 3 is 2.85 bits per heavy atom. The third kappa shape index (κ3) is 3.48. The highest BCUT2D eigenvalue weighted by atomic mass is 32.2. The maximum atomic E-state index is 12.3. The maximum absolute atomic E-state index is 12.3. The lowest BCUT2D eigenvalue weighted by Crippen LogP contribution is -2.14. The average molecular weight is 369 g/mol. The number of aryl methyl sites for hydroxylation is 1. The van der Waals surface area contributed by atoms with Gasteiger partial charge in [0.15, 0.2) is 16.7 Å². The Morgan fingerprint density at radius 1 is 1.19 bits per heavy atom. The average Bonchev–Trinajstić information content (AvgIpc) is 2.81. The fourth-order valence-electron chi connectivity index (χ4n) is 2.82. The van der Waals surface area contributed by atoms with E-state index < -0.39 is 0 Å². The molecule has 0 radical (unpaired) electrons. The minimum Gasteiger partial charge on any atom is -0.490 e. The van der Waals surface area contributed by atoms with E-state index in [0.29, 0.717) is 24.7 Å². The number of nitrogens with one attached hydrogen (secondary N) is 1. The van der Waals surface area contributed by atoms with Gasteiger partial charge in [-0.1, -0.05) is 23.9 Å². The van der Waals surface area contributed by atoms with Crippen molar-refractivity contribution in [1.29, 1.82) is 0 Å². The van der Waals surface area contributed by atoms with E-state index >= 15 is 0 Å². The molecule has 0 atom stereocenters. The fraction of sp³-hybridized carbons (Fsp3) is 0.263. The number of hydrogen-bond acceptors (Lipinski definition) is 5. The van der Waals surface area contributed by atoms with Gasteiger partial charge in [-0.25, -0.2) is 4.98 Å². The zero-order valence-electron chi connectivity index (χ0n) is 14.4. The molecule has 1 aliphatic rings. The SMILES string of the molecule is Cn1c(SCC(=O)Nc2ccc3c(c2)OCCCO3)nc2ccccc21. The second kappa shape index (κ2) is 7.29. The zero-order chi connectivity index (χ0) is 17.9. The Kier molecular flexibility index (Phi) is 4.71. The monoisotopic (exact) mass is 369 g/mol. The summed E-state index contributed by atoms with van der Waals surface area (Å²) in [4.78, 5) is 16.9. The minimum absolute atomic E-state index is 0.0865. The Morgan fingerprint density at radius 2 is 2.00 bits per heavy atom. The molecule has 134 valence electrons. The van der Waals surface area contributed by atoms with E-state index in [1.807, 2.05) is 48.0 Å². The molecule has 0 saturated carbocycles. The summed E-state index contributed by atoms with van der Waals surface area (Å²) in [6.07, 6.45) is 0.852. The first-order chi connectivity index (χ1) is 12.7. The van der Waals surface area contributed by atoms with Gasteiger partial charge < -0.3 is 19.4 Å². The molecular weight excluding hydrogens is 350 g/mol. The van der Waals surface area contributed by atoms with Crippen molar-refractivity contribution in [3.05, 3.63) is 42.5 Å². The lowest BCUT2D eigenvalue weighted by Gasteiger charge is -2.10. The predicted molar refractivity (Wildman–Crippen MR) is 102 cm³/mol. The van der Waals surface area contributed by atoms with Crippen LogP contribution in [0, 0.1) is 0 Å². The number of imidazole rings is 1. The molecule has 0 spiro atoms. The molecule has 3 aromatic rings. The van der Waals surface area contributed by atoms with Crippen LogP contribution in [-0.4, -0.2) is 34.4 Å². The van der Waals surface area contributed by atoms with Crippen molar-refractivity contribution in [2.24, 2.45) is 7.05 Å². The minimum atomic E-state index is -0.0865. The fourth-order valence-corrected chi connectivity index (χ4v) is 3.61. The number of nitrogens with zero attached hydrogens (tertiary/aromatic N) is 2. The van der Waals surface area contributed by atoms with Gasteiger partial charge in [-0.2, -0.15) is 0 Å². The van der Waals surface area contributed by atoms with Gasteiger partial charge in [-0.15, -0.1) is 0 Å². The van der Waals surface area contributed by atoms with Crippen LogP contribution in [0.25, 0.3) is 11.0 Å². The molecule has 1 aromatic heterocycles. The summed E-state index contributed by atoms with van der Waals surface area (Å²) in [6, 6.07) is 13.4. The van der Waals surface area contributed by atoms with E-state index in [4.69, 9.17) is 9.47 Å². The number of benzene rings is 2. The number of para-hydroxylation sites is 2. The van der Waals surface area contributed by atoms with Gasteiger partial charge in [0.1, 0.15) is 0 Å². The standard InChI is InChI=1S/C19H19N3O3S/c1-22-15-6-3-2-5-14(15)21-19(22)26-12-18(23)20-13-7-8-16-17(11-13)25-10-4-9-24-16/h2-3,5-8,11H,4,9-10,12H2,1H3,(H,20,23). The highest BCUT2D eigenvalue weighted by Gasteiger charge is 2.13. The zero-order valence-corrected chi connectivity index (χ0v) is 15.2. The van der Waals surface area contributed by atoms with Crippen molar-refractivity contribution in [3.63, 3.8) is 0 Å². The third-order valence-corrected chi connectivity index (χ3v) is 5.14. The van der Waals surface area contributed by atoms with Gasteiger partial charge in [0.05, 0.1) is 30.0 Å². The highest BCUT2D eigenvalue weighted by Crippen LogP contribution is 2.32. The highest BCUT2D eigenvalue weighted by molar-refractivity contribution is 7.99. The number of thioether (sulfide) groups is 1. The second-order valence-electron chi connectivity index (χ2n) is 5.99. The van der Waals surface area contributed by atoms with Crippen molar-refractivity contribution in [2.75, 3.05) is 24.3 Å². The normalized spacial score (nSPS) is 13.4. The third-order valence-electron chi connectivity index (χ3n) is 4.11. The van der Waals surface area contributed by atoms with E-state index in [1.54, 1.807) is 6.07 Å². The lowest BCUT2D eigenvalue weighted by atomic mass is 10.2. The van der Waals surface area contributed by atoms with Gasteiger partial charge >= 0.3 is 0 Å². The molecule has 4 rings (SSSR count). The van der Waals surface area contributed by atoms with Gasteiger partial charge in [-0.05, 0) is 24.3 Å². The van der Waals surface area contributed by atoms with Crippen molar-refractivity contribution in [3.8, 4) is 11.5 Å². The Bertz CT molecular complexity index is 954. The molecule has 1 amide bonds. The molecule has 1 N–H and O–H groups in total. The number of carbonyl (C=O) groups excluding carboxylic acids is 1. The molecule has 7 heteroatoms. The Balaban J connectivity index is 1.41. The number of carbonyl (C=O) groups is 1. The van der Waals surface area contributed by atoms with Crippen LogP contribution in [0.2, 0.25) is 0 Å². The largest absolute Gasteiger partial charge is 0.490 e. The predicted octanol–water partition coefficient (Wildman–Crippen LogP) is 3.47. The maximum Gasteiger partial charge on any atom is 0.234 e. The molecule has 26 heavy (non-hydrogen) atoms. The van der Waals surface area contributed by atoms with Crippen molar-refractivity contribution < 1.29 is 14.3 Å². The summed E-state index contributed by atoms with van der Waals surface area (Å²) in [5.74, 6) is 1.58. The number of rotatable bonds is 4. The number of fused-ring (bicyclic) bond motifs is 2. The molecule has 1 aliphatic heterocycles. The second-order valence-corrected chi connectivity index (χ2v) is 6.93. The van der Waals surface area contributed by atoms with Gasteiger partial charge in [-0.3, -0.25) is 4.79 Å².